The van der Waals surface area contributed by atoms with Crippen LogP contribution in [0.25, 0.3) is 11.5 Å². The molecule has 0 radical (unpaired) electrons. The molecule has 0 spiro atoms. The number of aromatic nitrogens is 2. The Balaban J connectivity index is 1.51. The molecule has 156 valence electrons. The molecule has 4 rings (SSSR count). The van der Waals surface area contributed by atoms with Crippen LogP contribution in [0, 0.1) is 12.8 Å². The van der Waals surface area contributed by atoms with Gasteiger partial charge >= 0.3 is 0 Å². The summed E-state index contributed by atoms with van der Waals surface area (Å²) in [5.41, 5.74) is 2.17. The summed E-state index contributed by atoms with van der Waals surface area (Å²) >= 11 is 0. The van der Waals surface area contributed by atoms with Crippen molar-refractivity contribution in [3.63, 3.8) is 0 Å². The van der Waals surface area contributed by atoms with Gasteiger partial charge < -0.3 is 19.2 Å². The average molecular weight is 408 g/mol. The molecule has 3 aromatic rings. The van der Waals surface area contributed by atoms with Crippen LogP contribution >= 0.6 is 0 Å². The maximum Gasteiger partial charge on any atom is 0.260 e. The summed E-state index contributed by atoms with van der Waals surface area (Å²) in [6.07, 6.45) is 1.74. The zero-order valence-corrected chi connectivity index (χ0v) is 17.2. The summed E-state index contributed by atoms with van der Waals surface area (Å²) in [6, 6.07) is 9.22. The van der Waals surface area contributed by atoms with Crippen LogP contribution < -0.4 is 5.32 Å². The van der Waals surface area contributed by atoms with Crippen molar-refractivity contribution in [2.75, 3.05) is 11.9 Å². The molecule has 1 unspecified atom stereocenters. The Labute approximate surface area is 174 Å². The third-order valence-corrected chi connectivity index (χ3v) is 5.22. The zero-order chi connectivity index (χ0) is 21.3. The van der Waals surface area contributed by atoms with Gasteiger partial charge in [-0.2, -0.15) is 4.98 Å². The van der Waals surface area contributed by atoms with E-state index in [0.717, 1.165) is 5.56 Å². The third kappa shape index (κ3) is 3.98. The minimum absolute atomic E-state index is 0.0602. The first-order valence-electron chi connectivity index (χ1n) is 9.97. The highest BCUT2D eigenvalue weighted by molar-refractivity contribution is 6.00. The molecule has 1 aliphatic heterocycles. The maximum absolute atomic E-state index is 13.0. The number of nitrogens with zero attached hydrogens (tertiary/aromatic N) is 3. The van der Waals surface area contributed by atoms with Gasteiger partial charge in [0.25, 0.3) is 5.89 Å². The van der Waals surface area contributed by atoms with Gasteiger partial charge in [0, 0.05) is 18.9 Å². The molecule has 1 aromatic carbocycles. The number of carbonyl (C=O) groups is 2. The Bertz CT molecular complexity index is 1060. The number of benzene rings is 1. The van der Waals surface area contributed by atoms with Crippen molar-refractivity contribution >= 4 is 17.5 Å². The number of aryl methyl sites for hydroxylation is 1. The number of carbonyl (C=O) groups excluding carboxylic acids is 2. The molecule has 0 aliphatic carbocycles. The van der Waals surface area contributed by atoms with Gasteiger partial charge in [-0.25, -0.2) is 0 Å². The number of amides is 2. The molecule has 2 aromatic heterocycles. The predicted octanol–water partition coefficient (Wildman–Crippen LogP) is 3.75. The second kappa shape index (κ2) is 8.14. The Morgan fingerprint density at radius 2 is 2.13 bits per heavy atom. The van der Waals surface area contributed by atoms with E-state index < -0.39 is 5.92 Å². The number of nitrogens with one attached hydrogen (secondary N) is 1. The monoisotopic (exact) mass is 408 g/mol. The van der Waals surface area contributed by atoms with Crippen molar-refractivity contribution in [2.24, 2.45) is 5.92 Å². The molecule has 0 bridgehead atoms. The van der Waals surface area contributed by atoms with Crippen LogP contribution in [-0.4, -0.2) is 33.4 Å². The van der Waals surface area contributed by atoms with E-state index in [0.29, 0.717) is 41.8 Å². The van der Waals surface area contributed by atoms with Gasteiger partial charge in [-0.1, -0.05) is 31.1 Å². The molecule has 2 amide bonds. The largest absolute Gasteiger partial charge is 0.467 e. The van der Waals surface area contributed by atoms with Crippen LogP contribution in [0.4, 0.5) is 5.69 Å². The second-order valence-corrected chi connectivity index (χ2v) is 7.85. The first-order valence-corrected chi connectivity index (χ1v) is 9.97. The Kier molecular flexibility index (Phi) is 5.39. The Morgan fingerprint density at radius 3 is 2.83 bits per heavy atom. The second-order valence-electron chi connectivity index (χ2n) is 7.85. The van der Waals surface area contributed by atoms with E-state index in [1.54, 1.807) is 17.2 Å². The quantitative estimate of drug-likeness (QED) is 0.667. The molecular formula is C22H24N4O4. The lowest BCUT2D eigenvalue weighted by molar-refractivity contribution is -0.128. The fraction of sp³-hybridized carbons (Fsp3) is 0.364. The molecule has 1 fully saturated rings. The van der Waals surface area contributed by atoms with Crippen molar-refractivity contribution in [1.29, 1.82) is 0 Å². The zero-order valence-electron chi connectivity index (χ0n) is 17.2. The Hall–Kier alpha value is -3.42. The maximum atomic E-state index is 13.0. The van der Waals surface area contributed by atoms with E-state index in [4.69, 9.17) is 8.94 Å². The van der Waals surface area contributed by atoms with Gasteiger partial charge in [-0.3, -0.25) is 9.59 Å². The minimum atomic E-state index is -0.436. The molecule has 3 heterocycles. The number of para-hydroxylation sites is 1. The first kappa shape index (κ1) is 19.9. The third-order valence-electron chi connectivity index (χ3n) is 5.22. The van der Waals surface area contributed by atoms with Gasteiger partial charge in [0.05, 0.1) is 30.0 Å². The van der Waals surface area contributed by atoms with Crippen LogP contribution in [0.3, 0.4) is 0 Å². The smallest absolute Gasteiger partial charge is 0.260 e. The number of anilines is 1. The van der Waals surface area contributed by atoms with Crippen LogP contribution in [-0.2, 0) is 16.1 Å². The average Bonchev–Trinajstić information content (AvgIpc) is 3.45. The SMILES string of the molecule is Cc1cccc(-c2nc(C(C)C)no2)c1NC(=O)C1CC(=O)N(Cc2ccco2)C1. The molecular weight excluding hydrogens is 384 g/mol. The highest BCUT2D eigenvalue weighted by Crippen LogP contribution is 2.32. The first-order chi connectivity index (χ1) is 14.4. The van der Waals surface area contributed by atoms with Crippen molar-refractivity contribution < 1.29 is 18.5 Å². The van der Waals surface area contributed by atoms with Crippen molar-refractivity contribution in [3.8, 4) is 11.5 Å². The van der Waals surface area contributed by atoms with E-state index in [1.165, 1.54) is 0 Å². The van der Waals surface area contributed by atoms with Crippen molar-refractivity contribution in [3.05, 3.63) is 53.7 Å². The summed E-state index contributed by atoms with van der Waals surface area (Å²) < 4.78 is 10.7. The van der Waals surface area contributed by atoms with Crippen molar-refractivity contribution in [1.82, 2.24) is 15.0 Å². The lowest BCUT2D eigenvalue weighted by Crippen LogP contribution is -2.28. The van der Waals surface area contributed by atoms with Crippen LogP contribution in [0.5, 0.6) is 0 Å². The van der Waals surface area contributed by atoms with E-state index in [-0.39, 0.29) is 24.2 Å². The van der Waals surface area contributed by atoms with Gasteiger partial charge in [0.15, 0.2) is 5.82 Å². The van der Waals surface area contributed by atoms with E-state index in [2.05, 4.69) is 15.5 Å². The summed E-state index contributed by atoms with van der Waals surface area (Å²) in [7, 11) is 0. The number of furan rings is 1. The van der Waals surface area contributed by atoms with E-state index in [1.807, 2.05) is 45.0 Å². The summed E-state index contributed by atoms with van der Waals surface area (Å²) in [5.74, 6) is 1.10. The van der Waals surface area contributed by atoms with Crippen LogP contribution in [0.2, 0.25) is 0 Å². The van der Waals surface area contributed by atoms with Gasteiger partial charge in [-0.05, 0) is 30.7 Å². The highest BCUT2D eigenvalue weighted by Gasteiger charge is 2.35. The van der Waals surface area contributed by atoms with Crippen LogP contribution in [0.15, 0.2) is 45.5 Å². The number of rotatable bonds is 6. The number of hydrogen-bond acceptors (Lipinski definition) is 6. The summed E-state index contributed by atoms with van der Waals surface area (Å²) in [4.78, 5) is 31.4. The molecule has 1 aliphatic rings. The molecule has 1 atom stereocenters. The molecule has 8 heteroatoms. The number of likely N-dealkylation sites (tertiary alicyclic amines) is 1. The molecule has 0 saturated carbocycles. The normalized spacial score (nSPS) is 16.5. The highest BCUT2D eigenvalue weighted by atomic mass is 16.5. The Morgan fingerprint density at radius 1 is 1.30 bits per heavy atom. The van der Waals surface area contributed by atoms with Crippen molar-refractivity contribution in [2.45, 2.75) is 39.7 Å². The fourth-order valence-corrected chi connectivity index (χ4v) is 3.51. The van der Waals surface area contributed by atoms with Crippen LogP contribution in [0.1, 0.15) is 43.3 Å². The lowest BCUT2D eigenvalue weighted by Gasteiger charge is -2.16. The van der Waals surface area contributed by atoms with E-state index in [9.17, 15) is 9.59 Å². The van der Waals surface area contributed by atoms with Gasteiger partial charge in [0.2, 0.25) is 11.8 Å². The van der Waals surface area contributed by atoms with Gasteiger partial charge in [0.1, 0.15) is 5.76 Å². The molecule has 8 nitrogen and oxygen atoms in total. The predicted molar refractivity (Wildman–Crippen MR) is 109 cm³/mol. The standard InChI is InChI=1S/C22H24N4O4/c1-13(2)20-24-22(30-25-20)17-8-4-6-14(3)19(17)23-21(28)15-10-18(27)26(11-15)12-16-7-5-9-29-16/h4-9,13,15H,10-12H2,1-3H3,(H,23,28). The number of hydrogen-bond donors (Lipinski definition) is 1. The molecule has 30 heavy (non-hydrogen) atoms. The minimum Gasteiger partial charge on any atom is -0.467 e. The molecule has 1 N–H and O–H groups in total. The molecule has 1 saturated heterocycles. The topological polar surface area (TPSA) is 101 Å². The summed E-state index contributed by atoms with van der Waals surface area (Å²) in [5, 5.41) is 7.00. The van der Waals surface area contributed by atoms with Gasteiger partial charge in [-0.15, -0.1) is 0 Å². The summed E-state index contributed by atoms with van der Waals surface area (Å²) in [6.45, 7) is 6.59. The lowest BCUT2D eigenvalue weighted by atomic mass is 10.0. The fourth-order valence-electron chi connectivity index (χ4n) is 3.51. The van der Waals surface area contributed by atoms with E-state index >= 15 is 0 Å².